The molecule has 1 aliphatic heterocycles. The summed E-state index contributed by atoms with van der Waals surface area (Å²) in [6.07, 6.45) is 1.39. The molecule has 88 valence electrons. The van der Waals surface area contributed by atoms with Gasteiger partial charge in [0.2, 0.25) is 0 Å². The first-order valence-corrected chi connectivity index (χ1v) is 4.94. The third-order valence-corrected chi connectivity index (χ3v) is 2.40. The maximum absolute atomic E-state index is 13.0. The molecule has 1 amide bonds. The van der Waals surface area contributed by atoms with Crippen molar-refractivity contribution in [2.45, 2.75) is 6.42 Å². The Hall–Kier alpha value is -2.24. The number of hydrazone groups is 1. The molecule has 1 atom stereocenters. The number of carboxylic acid groups (broad SMARTS) is 1. The summed E-state index contributed by atoms with van der Waals surface area (Å²) < 4.78 is 13.0. The van der Waals surface area contributed by atoms with Crippen LogP contribution in [-0.4, -0.2) is 23.2 Å². The quantitative estimate of drug-likeness (QED) is 0.785. The van der Waals surface area contributed by atoms with Crippen molar-refractivity contribution in [3.8, 4) is 0 Å². The fourth-order valence-electron chi connectivity index (χ4n) is 1.55. The third-order valence-electron chi connectivity index (χ3n) is 2.40. The van der Waals surface area contributed by atoms with Crippen LogP contribution in [0.3, 0.4) is 0 Å². The molecule has 0 radical (unpaired) electrons. The Labute approximate surface area is 96.2 Å². The molecular formula is C11H9FN2O3. The number of amides is 1. The van der Waals surface area contributed by atoms with E-state index in [1.54, 1.807) is 0 Å². The zero-order chi connectivity index (χ0) is 12.4. The third kappa shape index (κ3) is 2.15. The highest BCUT2D eigenvalue weighted by Gasteiger charge is 2.33. The topological polar surface area (TPSA) is 70.0 Å². The Morgan fingerprint density at radius 2 is 2.29 bits per heavy atom. The van der Waals surface area contributed by atoms with Gasteiger partial charge in [-0.25, -0.2) is 9.40 Å². The number of halogens is 1. The van der Waals surface area contributed by atoms with Crippen LogP contribution in [0, 0.1) is 11.7 Å². The summed E-state index contributed by atoms with van der Waals surface area (Å²) >= 11 is 0. The second kappa shape index (κ2) is 4.32. The van der Waals surface area contributed by atoms with E-state index in [0.29, 0.717) is 0 Å². The second-order valence-corrected chi connectivity index (χ2v) is 3.55. The lowest BCUT2D eigenvalue weighted by Gasteiger charge is -2.23. The second-order valence-electron chi connectivity index (χ2n) is 3.55. The van der Waals surface area contributed by atoms with Gasteiger partial charge in [-0.05, 0) is 18.2 Å². The number of rotatable bonds is 2. The van der Waals surface area contributed by atoms with Gasteiger partial charge in [0.1, 0.15) is 11.7 Å². The summed E-state index contributed by atoms with van der Waals surface area (Å²) in [6.45, 7) is 0. The molecule has 0 saturated heterocycles. The zero-order valence-corrected chi connectivity index (χ0v) is 8.71. The van der Waals surface area contributed by atoms with E-state index in [9.17, 15) is 14.0 Å². The van der Waals surface area contributed by atoms with Gasteiger partial charge >= 0.3 is 5.97 Å². The number of anilines is 1. The summed E-state index contributed by atoms with van der Waals surface area (Å²) in [4.78, 5) is 22.6. The van der Waals surface area contributed by atoms with E-state index in [-0.39, 0.29) is 12.1 Å². The number of carbonyl (C=O) groups is 2. The summed E-state index contributed by atoms with van der Waals surface area (Å²) in [5.74, 6) is -3.54. The van der Waals surface area contributed by atoms with E-state index < -0.39 is 23.6 Å². The van der Waals surface area contributed by atoms with Gasteiger partial charge in [-0.1, -0.05) is 6.07 Å². The number of hydrogen-bond donors (Lipinski definition) is 1. The maximum Gasteiger partial charge on any atom is 0.316 e. The van der Waals surface area contributed by atoms with Gasteiger partial charge in [-0.2, -0.15) is 5.10 Å². The number of carbonyl (C=O) groups excluding carboxylic acids is 1. The Kier molecular flexibility index (Phi) is 2.86. The lowest BCUT2D eigenvalue weighted by molar-refractivity contribution is -0.146. The lowest BCUT2D eigenvalue weighted by atomic mass is 10.0. The monoisotopic (exact) mass is 236 g/mol. The van der Waals surface area contributed by atoms with Crippen LogP contribution in [0.2, 0.25) is 0 Å². The Balaban J connectivity index is 2.33. The van der Waals surface area contributed by atoms with E-state index in [0.717, 1.165) is 11.1 Å². The van der Waals surface area contributed by atoms with Crippen molar-refractivity contribution in [2.75, 3.05) is 5.01 Å². The minimum atomic E-state index is -1.21. The van der Waals surface area contributed by atoms with Crippen molar-refractivity contribution < 1.29 is 19.1 Å². The summed E-state index contributed by atoms with van der Waals surface area (Å²) in [5.41, 5.74) is 0.220. The Bertz CT molecular complexity index is 501. The first kappa shape index (κ1) is 11.3. The minimum absolute atomic E-state index is 0.0555. The first-order chi connectivity index (χ1) is 8.09. The predicted octanol–water partition coefficient (Wildman–Crippen LogP) is 1.25. The predicted molar refractivity (Wildman–Crippen MR) is 58.1 cm³/mol. The molecule has 17 heavy (non-hydrogen) atoms. The standard InChI is InChI=1S/C11H9FN2O3/c12-7-2-1-3-8(6-7)14-10(15)9(11(16)17)4-5-13-14/h1-3,5-6,9H,4H2,(H,16,17). The van der Waals surface area contributed by atoms with Crippen LogP contribution in [0.1, 0.15) is 6.42 Å². The Morgan fingerprint density at radius 1 is 1.53 bits per heavy atom. The molecule has 1 unspecified atom stereocenters. The number of benzene rings is 1. The molecule has 0 bridgehead atoms. The van der Waals surface area contributed by atoms with Gasteiger partial charge in [0, 0.05) is 12.6 Å². The molecule has 1 heterocycles. The van der Waals surface area contributed by atoms with E-state index in [4.69, 9.17) is 5.11 Å². The molecule has 1 N–H and O–H groups in total. The molecule has 1 aliphatic rings. The minimum Gasteiger partial charge on any atom is -0.481 e. The van der Waals surface area contributed by atoms with Gasteiger partial charge in [0.05, 0.1) is 5.69 Å². The number of nitrogens with zero attached hydrogens (tertiary/aromatic N) is 2. The SMILES string of the molecule is O=C(O)C1CC=NN(c2cccc(F)c2)C1=O. The number of hydrogen-bond acceptors (Lipinski definition) is 3. The van der Waals surface area contributed by atoms with Crippen molar-refractivity contribution >= 4 is 23.8 Å². The summed E-state index contributed by atoms with van der Waals surface area (Å²) in [5, 5.41) is 13.5. The highest BCUT2D eigenvalue weighted by molar-refractivity contribution is 6.08. The fraction of sp³-hybridized carbons (Fsp3) is 0.182. The fourth-order valence-corrected chi connectivity index (χ4v) is 1.55. The van der Waals surface area contributed by atoms with Crippen LogP contribution in [0.25, 0.3) is 0 Å². The lowest BCUT2D eigenvalue weighted by Crippen LogP contribution is -2.39. The van der Waals surface area contributed by atoms with Crippen LogP contribution >= 0.6 is 0 Å². The van der Waals surface area contributed by atoms with Crippen molar-refractivity contribution in [3.05, 3.63) is 30.1 Å². The first-order valence-electron chi connectivity index (χ1n) is 4.94. The summed E-state index contributed by atoms with van der Waals surface area (Å²) in [6, 6.07) is 5.27. The van der Waals surface area contributed by atoms with E-state index in [1.165, 1.54) is 24.4 Å². The zero-order valence-electron chi connectivity index (χ0n) is 8.71. The molecule has 6 heteroatoms. The van der Waals surface area contributed by atoms with E-state index >= 15 is 0 Å². The largest absolute Gasteiger partial charge is 0.481 e. The molecule has 0 spiro atoms. The smallest absolute Gasteiger partial charge is 0.316 e. The van der Waals surface area contributed by atoms with Crippen LogP contribution in [0.4, 0.5) is 10.1 Å². The van der Waals surface area contributed by atoms with E-state index in [2.05, 4.69) is 5.10 Å². The average Bonchev–Trinajstić information content (AvgIpc) is 2.29. The van der Waals surface area contributed by atoms with Crippen LogP contribution in [0.15, 0.2) is 29.4 Å². The van der Waals surface area contributed by atoms with Crippen LogP contribution in [0.5, 0.6) is 0 Å². The average molecular weight is 236 g/mol. The van der Waals surface area contributed by atoms with Gasteiger partial charge in [0.15, 0.2) is 0 Å². The number of aliphatic carboxylic acids is 1. The maximum atomic E-state index is 13.0. The van der Waals surface area contributed by atoms with Gasteiger partial charge in [-0.3, -0.25) is 9.59 Å². The van der Waals surface area contributed by atoms with Crippen molar-refractivity contribution in [1.82, 2.24) is 0 Å². The molecule has 0 aromatic heterocycles. The van der Waals surface area contributed by atoms with Gasteiger partial charge < -0.3 is 5.11 Å². The molecule has 2 rings (SSSR count). The highest BCUT2D eigenvalue weighted by Crippen LogP contribution is 2.22. The molecule has 0 aliphatic carbocycles. The van der Waals surface area contributed by atoms with E-state index in [1.807, 2.05) is 0 Å². The molecule has 0 fully saturated rings. The molecule has 0 saturated carbocycles. The number of carboxylic acids is 1. The Morgan fingerprint density at radius 3 is 2.94 bits per heavy atom. The van der Waals surface area contributed by atoms with Crippen molar-refractivity contribution in [3.63, 3.8) is 0 Å². The van der Waals surface area contributed by atoms with Crippen LogP contribution < -0.4 is 5.01 Å². The van der Waals surface area contributed by atoms with Crippen molar-refractivity contribution in [1.29, 1.82) is 0 Å². The summed E-state index contributed by atoms with van der Waals surface area (Å²) in [7, 11) is 0. The normalized spacial score (nSPS) is 19.5. The molecular weight excluding hydrogens is 227 g/mol. The molecule has 1 aromatic carbocycles. The van der Waals surface area contributed by atoms with Gasteiger partial charge in [0.25, 0.3) is 5.91 Å². The van der Waals surface area contributed by atoms with Crippen LogP contribution in [-0.2, 0) is 9.59 Å². The molecule has 5 nitrogen and oxygen atoms in total. The van der Waals surface area contributed by atoms with Gasteiger partial charge in [-0.15, -0.1) is 0 Å². The van der Waals surface area contributed by atoms with Crippen molar-refractivity contribution in [2.24, 2.45) is 11.0 Å². The molecule has 1 aromatic rings. The highest BCUT2D eigenvalue weighted by atomic mass is 19.1.